The zero-order chi connectivity index (χ0) is 28.6. The summed E-state index contributed by atoms with van der Waals surface area (Å²) in [6.45, 7) is -1.95. The zero-order valence-corrected chi connectivity index (χ0v) is 21.1. The molecule has 0 heterocycles. The molecule has 0 radical (unpaired) electrons. The van der Waals surface area contributed by atoms with Crippen LogP contribution in [0.2, 0.25) is 0 Å². The third kappa shape index (κ3) is 17.9. The smallest absolute Gasteiger partial charge is 0.547 e. The molecule has 8 unspecified atom stereocenters. The number of carboxylic acids is 3. The third-order valence-electron chi connectivity index (χ3n) is 3.78. The summed E-state index contributed by atoms with van der Waals surface area (Å²) in [5.74, 6) is -5.18. The Kier molecular flexibility index (Phi) is 25.0. The van der Waals surface area contributed by atoms with Crippen LogP contribution in [0.3, 0.4) is 0 Å². The first-order chi connectivity index (χ1) is 15.9. The molecule has 0 amide bonds. The maximum absolute atomic E-state index is 9.98. The van der Waals surface area contributed by atoms with Crippen molar-refractivity contribution in [2.75, 3.05) is 26.8 Å². The Morgan fingerprint density at radius 1 is 0.778 bits per heavy atom. The van der Waals surface area contributed by atoms with Gasteiger partial charge in [0.05, 0.1) is 25.2 Å². The average Bonchev–Trinajstić information content (AvgIpc) is 2.79. The SMILES string of the molecule is CN(CC(=O)O)C(=N)N.O=C([O-])C(O)C(O)C(O)C(O)CO.O=C([O-])C(O)C(O)C(O)C(O)CO.[Ca+2]. The molecule has 36 heavy (non-hydrogen) atoms. The van der Waals surface area contributed by atoms with Crippen LogP contribution in [0.4, 0.5) is 0 Å². The van der Waals surface area contributed by atoms with Crippen LogP contribution in [0, 0.1) is 5.41 Å². The molecule has 8 atom stereocenters. The van der Waals surface area contributed by atoms with Crippen LogP contribution in [0.5, 0.6) is 0 Å². The summed E-state index contributed by atoms with van der Waals surface area (Å²) in [5, 5.41) is 122. The Labute approximate surface area is 233 Å². The fraction of sp³-hybridized carbons (Fsp3) is 0.750. The molecule has 0 spiro atoms. The maximum Gasteiger partial charge on any atom is 2.00 e. The maximum atomic E-state index is 9.98. The second-order valence-corrected chi connectivity index (χ2v) is 6.63. The number of hydrogen-bond donors (Lipinski definition) is 13. The molecular weight excluding hydrogens is 530 g/mol. The number of guanidine groups is 1. The summed E-state index contributed by atoms with van der Waals surface area (Å²) in [5.41, 5.74) is 4.93. The number of nitrogens with zero attached hydrogens (tertiary/aromatic N) is 1. The van der Waals surface area contributed by atoms with Crippen molar-refractivity contribution in [2.24, 2.45) is 5.73 Å². The van der Waals surface area contributed by atoms with Crippen molar-refractivity contribution in [3.63, 3.8) is 0 Å². The van der Waals surface area contributed by atoms with Crippen LogP contribution < -0.4 is 15.9 Å². The second kappa shape index (κ2) is 21.6. The Balaban J connectivity index is -0.000000214. The molecule has 0 aliphatic rings. The molecule has 20 heteroatoms. The summed E-state index contributed by atoms with van der Waals surface area (Å²) in [6.07, 6.45) is -16.2. The van der Waals surface area contributed by atoms with E-state index in [9.17, 15) is 24.6 Å². The summed E-state index contributed by atoms with van der Waals surface area (Å²) in [4.78, 5) is 31.0. The number of aliphatic hydroxyl groups excluding tert-OH is 10. The number of hydrogen-bond acceptors (Lipinski definition) is 16. The monoisotopic (exact) mass is 561 g/mol. The van der Waals surface area contributed by atoms with Crippen molar-refractivity contribution >= 4 is 61.6 Å². The zero-order valence-electron chi connectivity index (χ0n) is 18.9. The molecule has 0 bridgehead atoms. The number of carbonyl (C=O) groups is 3. The van der Waals surface area contributed by atoms with Crippen LogP contribution in [0.25, 0.3) is 0 Å². The van der Waals surface area contributed by atoms with Gasteiger partial charge in [-0.1, -0.05) is 0 Å². The number of aliphatic carboxylic acids is 3. The topological polar surface area (TPSA) is 373 Å². The predicted molar refractivity (Wildman–Crippen MR) is 110 cm³/mol. The van der Waals surface area contributed by atoms with Crippen molar-refractivity contribution in [2.45, 2.75) is 48.8 Å². The summed E-state index contributed by atoms with van der Waals surface area (Å²) in [7, 11) is 1.44. The van der Waals surface area contributed by atoms with Gasteiger partial charge < -0.3 is 86.6 Å². The molecule has 0 aromatic rings. The van der Waals surface area contributed by atoms with Crippen LogP contribution in [0.1, 0.15) is 0 Å². The standard InChI is InChI=1S/2C6H12O7.C4H9N3O2.Ca/c2*7-1-2(8)3(9)4(10)5(11)6(12)13;1-7(4(5)6)2-3(8)9;/h2*2-5,7-11H,1H2,(H,12,13);2H2,1H3,(H3,5,6)(H,8,9);/q;;;+2/p-2. The van der Waals surface area contributed by atoms with Gasteiger partial charge in [-0.25, -0.2) is 0 Å². The molecule has 19 nitrogen and oxygen atoms in total. The minimum absolute atomic E-state index is 0. The van der Waals surface area contributed by atoms with Crippen molar-refractivity contribution in [3.05, 3.63) is 0 Å². The number of aliphatic hydroxyl groups is 10. The van der Waals surface area contributed by atoms with Crippen molar-refractivity contribution in [1.29, 1.82) is 5.41 Å². The van der Waals surface area contributed by atoms with Crippen LogP contribution in [-0.2, 0) is 14.4 Å². The molecule has 0 aromatic heterocycles. The fourth-order valence-electron chi connectivity index (χ4n) is 1.61. The number of nitrogens with two attached hydrogens (primary N) is 1. The minimum atomic E-state index is -2.31. The van der Waals surface area contributed by atoms with E-state index in [0.29, 0.717) is 0 Å². The van der Waals surface area contributed by atoms with Gasteiger partial charge in [-0.2, -0.15) is 0 Å². The molecular formula is C16H31CaN3O16. The van der Waals surface area contributed by atoms with Crippen molar-refractivity contribution in [1.82, 2.24) is 4.90 Å². The molecule has 0 saturated carbocycles. The quantitative estimate of drug-likeness (QED) is 0.0597. The second-order valence-electron chi connectivity index (χ2n) is 6.63. The molecule has 0 aliphatic heterocycles. The van der Waals surface area contributed by atoms with E-state index in [1.54, 1.807) is 0 Å². The molecule has 0 aromatic carbocycles. The number of carboxylic acid groups (broad SMARTS) is 3. The summed E-state index contributed by atoms with van der Waals surface area (Å²) in [6, 6.07) is 0. The minimum Gasteiger partial charge on any atom is -0.547 e. The van der Waals surface area contributed by atoms with E-state index in [-0.39, 0.29) is 50.2 Å². The predicted octanol–water partition coefficient (Wildman–Crippen LogP) is -11.1. The van der Waals surface area contributed by atoms with E-state index in [4.69, 9.17) is 67.3 Å². The largest absolute Gasteiger partial charge is 2.00 e. The van der Waals surface area contributed by atoms with Crippen LogP contribution >= 0.6 is 0 Å². The molecule has 0 rings (SSSR count). The molecule has 0 fully saturated rings. The summed E-state index contributed by atoms with van der Waals surface area (Å²) >= 11 is 0. The van der Waals surface area contributed by atoms with E-state index >= 15 is 0 Å². The van der Waals surface area contributed by atoms with Crippen molar-refractivity contribution in [3.8, 4) is 0 Å². The average molecular weight is 562 g/mol. The number of rotatable bonds is 12. The number of nitrogens with one attached hydrogen (secondary N) is 1. The van der Waals surface area contributed by atoms with Gasteiger partial charge in [0, 0.05) is 7.05 Å². The van der Waals surface area contributed by atoms with Gasteiger partial charge in [-0.05, 0) is 0 Å². The Hall–Kier alpha value is -1.46. The van der Waals surface area contributed by atoms with E-state index < -0.39 is 80.0 Å². The summed E-state index contributed by atoms with van der Waals surface area (Å²) < 4.78 is 0. The van der Waals surface area contributed by atoms with E-state index in [2.05, 4.69) is 0 Å². The first kappa shape index (κ1) is 41.7. The van der Waals surface area contributed by atoms with Gasteiger partial charge >= 0.3 is 43.7 Å². The molecule has 0 aliphatic carbocycles. The van der Waals surface area contributed by atoms with Gasteiger partial charge in [-0.3, -0.25) is 10.2 Å². The van der Waals surface area contributed by atoms with Gasteiger partial charge in [0.15, 0.2) is 5.96 Å². The molecule has 14 N–H and O–H groups in total. The van der Waals surface area contributed by atoms with Gasteiger partial charge in [-0.15, -0.1) is 0 Å². The first-order valence-electron chi connectivity index (χ1n) is 9.22. The van der Waals surface area contributed by atoms with E-state index in [0.717, 1.165) is 4.90 Å². The Morgan fingerprint density at radius 2 is 1.06 bits per heavy atom. The number of carbonyl (C=O) groups excluding carboxylic acids is 2. The Morgan fingerprint density at radius 3 is 1.19 bits per heavy atom. The third-order valence-corrected chi connectivity index (χ3v) is 3.78. The fourth-order valence-corrected chi connectivity index (χ4v) is 1.61. The van der Waals surface area contributed by atoms with Crippen LogP contribution in [0.15, 0.2) is 0 Å². The molecule has 208 valence electrons. The van der Waals surface area contributed by atoms with E-state index in [1.807, 2.05) is 0 Å². The van der Waals surface area contributed by atoms with Crippen LogP contribution in [-0.4, -0.2) is 198 Å². The van der Waals surface area contributed by atoms with Gasteiger partial charge in [0.2, 0.25) is 0 Å². The van der Waals surface area contributed by atoms with E-state index in [1.165, 1.54) is 7.05 Å². The van der Waals surface area contributed by atoms with Gasteiger partial charge in [0.1, 0.15) is 55.4 Å². The number of likely N-dealkylation sites (N-methyl/N-ethyl adjacent to an activating group) is 1. The normalized spacial score (nSPS) is 16.9. The molecule has 0 saturated heterocycles. The van der Waals surface area contributed by atoms with Crippen molar-refractivity contribution < 1.29 is 80.8 Å². The van der Waals surface area contributed by atoms with Gasteiger partial charge in [0.25, 0.3) is 0 Å². The Bertz CT molecular complexity index is 621. The first-order valence-corrected chi connectivity index (χ1v) is 9.22.